The minimum absolute atomic E-state index is 0.587. The van der Waals surface area contributed by atoms with E-state index in [1.54, 1.807) is 0 Å². The Balaban J connectivity index is 1.53. The minimum Gasteiger partial charge on any atom is -0.337 e. The van der Waals surface area contributed by atoms with Crippen molar-refractivity contribution in [2.24, 2.45) is 7.05 Å². The number of rotatable bonds is 4. The molecule has 0 aliphatic carbocycles. The number of fused-ring (bicyclic) bond motifs is 1. The summed E-state index contributed by atoms with van der Waals surface area (Å²) in [6.07, 6.45) is 7.81. The molecule has 2 aromatic rings. The summed E-state index contributed by atoms with van der Waals surface area (Å²) < 4.78 is 2.15. The van der Waals surface area contributed by atoms with Gasteiger partial charge in [0, 0.05) is 44.6 Å². The molecule has 3 heterocycles. The van der Waals surface area contributed by atoms with Crippen LogP contribution in [-0.2, 0) is 20.0 Å². The normalized spacial score (nSPS) is 25.6. The quantitative estimate of drug-likeness (QED) is 0.866. The Morgan fingerprint density at radius 3 is 2.83 bits per heavy atom. The number of imidazole rings is 1. The Morgan fingerprint density at radius 1 is 1.17 bits per heavy atom. The zero-order valence-electron chi connectivity index (χ0n) is 13.9. The van der Waals surface area contributed by atoms with Gasteiger partial charge in [0.1, 0.15) is 5.82 Å². The van der Waals surface area contributed by atoms with Crippen molar-refractivity contribution in [3.8, 4) is 0 Å². The summed E-state index contributed by atoms with van der Waals surface area (Å²) in [6.45, 7) is 4.63. The number of aryl methyl sites for hydroxylation is 1. The van der Waals surface area contributed by atoms with Crippen molar-refractivity contribution in [1.82, 2.24) is 19.4 Å². The molecule has 0 spiro atoms. The molecule has 2 saturated heterocycles. The van der Waals surface area contributed by atoms with Crippen LogP contribution in [0, 0.1) is 0 Å². The van der Waals surface area contributed by atoms with E-state index in [9.17, 15) is 0 Å². The molecule has 122 valence electrons. The molecule has 2 aliphatic rings. The molecule has 1 aromatic carbocycles. The van der Waals surface area contributed by atoms with Crippen LogP contribution in [0.1, 0.15) is 24.2 Å². The van der Waals surface area contributed by atoms with Gasteiger partial charge in [0.05, 0.1) is 6.54 Å². The van der Waals surface area contributed by atoms with Crippen LogP contribution in [0.5, 0.6) is 0 Å². The maximum absolute atomic E-state index is 4.54. The fourth-order valence-electron chi connectivity index (χ4n) is 4.15. The van der Waals surface area contributed by atoms with Crippen molar-refractivity contribution in [2.75, 3.05) is 19.6 Å². The molecule has 4 rings (SSSR count). The highest BCUT2D eigenvalue weighted by Gasteiger charge is 2.36. The molecular weight excluding hydrogens is 284 g/mol. The molecule has 4 heteroatoms. The third-order valence-corrected chi connectivity index (χ3v) is 5.49. The molecule has 23 heavy (non-hydrogen) atoms. The van der Waals surface area contributed by atoms with Crippen molar-refractivity contribution < 1.29 is 0 Å². The first-order valence-electron chi connectivity index (χ1n) is 8.78. The maximum atomic E-state index is 4.54. The first-order valence-corrected chi connectivity index (χ1v) is 8.78. The predicted octanol–water partition coefficient (Wildman–Crippen LogP) is 2.31. The first-order chi connectivity index (χ1) is 11.3. The molecule has 2 aliphatic heterocycles. The van der Waals surface area contributed by atoms with Gasteiger partial charge in [-0.25, -0.2) is 4.98 Å². The second-order valence-corrected chi connectivity index (χ2v) is 7.02. The second-order valence-electron chi connectivity index (χ2n) is 7.02. The Morgan fingerprint density at radius 2 is 2.04 bits per heavy atom. The molecule has 4 nitrogen and oxygen atoms in total. The van der Waals surface area contributed by atoms with Crippen LogP contribution in [0.15, 0.2) is 42.7 Å². The van der Waals surface area contributed by atoms with E-state index in [1.807, 2.05) is 12.4 Å². The van der Waals surface area contributed by atoms with Crippen LogP contribution in [0.3, 0.4) is 0 Å². The molecule has 0 radical (unpaired) electrons. The van der Waals surface area contributed by atoms with Crippen LogP contribution in [-0.4, -0.2) is 51.1 Å². The lowest BCUT2D eigenvalue weighted by atomic mass is 10.00. The highest BCUT2D eigenvalue weighted by atomic mass is 15.3. The van der Waals surface area contributed by atoms with Crippen LogP contribution in [0.4, 0.5) is 0 Å². The van der Waals surface area contributed by atoms with E-state index in [0.29, 0.717) is 6.04 Å². The molecule has 2 fully saturated rings. The van der Waals surface area contributed by atoms with Crippen LogP contribution in [0.25, 0.3) is 0 Å². The lowest BCUT2D eigenvalue weighted by Crippen LogP contribution is -2.56. The van der Waals surface area contributed by atoms with Gasteiger partial charge >= 0.3 is 0 Å². The first kappa shape index (κ1) is 14.9. The van der Waals surface area contributed by atoms with Crippen molar-refractivity contribution in [2.45, 2.75) is 37.9 Å². The Kier molecular flexibility index (Phi) is 4.19. The number of nitrogens with zero attached hydrogens (tertiary/aromatic N) is 4. The van der Waals surface area contributed by atoms with Crippen LogP contribution in [0.2, 0.25) is 0 Å². The molecule has 0 saturated carbocycles. The summed E-state index contributed by atoms with van der Waals surface area (Å²) in [5, 5.41) is 0. The summed E-state index contributed by atoms with van der Waals surface area (Å²) in [5.74, 6) is 1.18. The summed E-state index contributed by atoms with van der Waals surface area (Å²) in [6, 6.07) is 12.3. The zero-order valence-corrected chi connectivity index (χ0v) is 13.9. The maximum Gasteiger partial charge on any atom is 0.122 e. The van der Waals surface area contributed by atoms with Gasteiger partial charge in [-0.15, -0.1) is 0 Å². The lowest BCUT2D eigenvalue weighted by molar-refractivity contribution is 0.0433. The summed E-state index contributed by atoms with van der Waals surface area (Å²) in [7, 11) is 2.10. The fraction of sp³-hybridized carbons (Fsp3) is 0.526. The van der Waals surface area contributed by atoms with Gasteiger partial charge in [-0.2, -0.15) is 0 Å². The third-order valence-electron chi connectivity index (χ3n) is 5.49. The van der Waals surface area contributed by atoms with Gasteiger partial charge in [-0.1, -0.05) is 30.3 Å². The largest absolute Gasteiger partial charge is 0.337 e. The molecular formula is C19H26N4. The average Bonchev–Trinajstić information content (AvgIpc) is 3.18. The predicted molar refractivity (Wildman–Crippen MR) is 92.1 cm³/mol. The Hall–Kier alpha value is -1.65. The summed E-state index contributed by atoms with van der Waals surface area (Å²) >= 11 is 0. The van der Waals surface area contributed by atoms with Gasteiger partial charge in [-0.05, 0) is 31.4 Å². The number of hydrogen-bond acceptors (Lipinski definition) is 3. The van der Waals surface area contributed by atoms with E-state index in [1.165, 1.54) is 43.9 Å². The van der Waals surface area contributed by atoms with Crippen molar-refractivity contribution >= 4 is 0 Å². The minimum atomic E-state index is 0.587. The third kappa shape index (κ3) is 3.19. The average molecular weight is 310 g/mol. The van der Waals surface area contributed by atoms with Gasteiger partial charge in [0.2, 0.25) is 0 Å². The van der Waals surface area contributed by atoms with Gasteiger partial charge in [-0.3, -0.25) is 9.80 Å². The number of hydrogen-bond donors (Lipinski definition) is 0. The van der Waals surface area contributed by atoms with E-state index >= 15 is 0 Å². The van der Waals surface area contributed by atoms with Crippen LogP contribution < -0.4 is 0 Å². The molecule has 0 N–H and O–H groups in total. The van der Waals surface area contributed by atoms with E-state index in [4.69, 9.17) is 0 Å². The van der Waals surface area contributed by atoms with Gasteiger partial charge < -0.3 is 4.57 Å². The van der Waals surface area contributed by atoms with E-state index < -0.39 is 0 Å². The van der Waals surface area contributed by atoms with E-state index in [2.05, 4.69) is 56.7 Å². The molecule has 1 aromatic heterocycles. The summed E-state index contributed by atoms with van der Waals surface area (Å²) in [4.78, 5) is 9.92. The van der Waals surface area contributed by atoms with Gasteiger partial charge in [0.15, 0.2) is 0 Å². The lowest BCUT2D eigenvalue weighted by Gasteiger charge is -2.43. The number of piperazine rings is 1. The van der Waals surface area contributed by atoms with Crippen LogP contribution >= 0.6 is 0 Å². The number of benzene rings is 1. The van der Waals surface area contributed by atoms with Crippen molar-refractivity contribution in [1.29, 1.82) is 0 Å². The number of aromatic nitrogens is 2. The molecule has 2 atom stereocenters. The van der Waals surface area contributed by atoms with Crippen molar-refractivity contribution in [3.63, 3.8) is 0 Å². The Labute approximate surface area is 138 Å². The molecule has 0 amide bonds. The SMILES string of the molecule is Cn1ccnc1CN1C[C@@H]2CCCN2C[C@@H]1Cc1ccccc1. The standard InChI is InChI=1S/C19H26N4/c1-21-11-9-20-19(21)15-23-13-17-8-5-10-22(17)14-18(23)12-16-6-3-2-4-7-16/h2-4,6-7,9,11,17-18H,5,8,10,12-15H2,1H3/t17-,18-/m0/s1. The Bertz CT molecular complexity index is 636. The topological polar surface area (TPSA) is 24.3 Å². The fourth-order valence-corrected chi connectivity index (χ4v) is 4.15. The molecule has 0 bridgehead atoms. The smallest absolute Gasteiger partial charge is 0.122 e. The second kappa shape index (κ2) is 6.46. The summed E-state index contributed by atoms with van der Waals surface area (Å²) in [5.41, 5.74) is 1.44. The van der Waals surface area contributed by atoms with Gasteiger partial charge in [0.25, 0.3) is 0 Å². The molecule has 0 unspecified atom stereocenters. The monoisotopic (exact) mass is 310 g/mol. The zero-order chi connectivity index (χ0) is 15.6. The highest BCUT2D eigenvalue weighted by molar-refractivity contribution is 5.16. The van der Waals surface area contributed by atoms with Crippen molar-refractivity contribution in [3.05, 3.63) is 54.1 Å². The highest BCUT2D eigenvalue weighted by Crippen LogP contribution is 2.27. The van der Waals surface area contributed by atoms with E-state index in [0.717, 1.165) is 19.0 Å². The van der Waals surface area contributed by atoms with E-state index in [-0.39, 0.29) is 0 Å².